The van der Waals surface area contributed by atoms with E-state index in [1.807, 2.05) is 0 Å². The van der Waals surface area contributed by atoms with E-state index >= 15 is 0 Å². The van der Waals surface area contributed by atoms with Crippen molar-refractivity contribution in [2.45, 2.75) is 24.9 Å². The lowest BCUT2D eigenvalue weighted by Gasteiger charge is -2.17. The van der Waals surface area contributed by atoms with Gasteiger partial charge in [0.2, 0.25) is 0 Å². The van der Waals surface area contributed by atoms with Crippen LogP contribution in [0.15, 0.2) is 18.2 Å². The lowest BCUT2D eigenvalue weighted by Crippen LogP contribution is -2.30. The van der Waals surface area contributed by atoms with Crippen LogP contribution in [0.5, 0.6) is 0 Å². The van der Waals surface area contributed by atoms with E-state index in [1.165, 1.54) is 6.07 Å². The van der Waals surface area contributed by atoms with E-state index in [-0.39, 0.29) is 12.6 Å². The Hall–Kier alpha value is -1.00. The molecule has 1 aromatic rings. The summed E-state index contributed by atoms with van der Waals surface area (Å²) in [6.07, 6.45) is 2.18. The zero-order chi connectivity index (χ0) is 10.8. The maximum Gasteiger partial charge on any atom is 0.128 e. The van der Waals surface area contributed by atoms with Gasteiger partial charge in [0, 0.05) is 24.2 Å². The molecule has 1 aliphatic carbocycles. The molecule has 1 fully saturated rings. The molecule has 82 valence electrons. The van der Waals surface area contributed by atoms with Gasteiger partial charge in [-0.2, -0.15) is 0 Å². The van der Waals surface area contributed by atoms with Crippen molar-refractivity contribution in [3.05, 3.63) is 35.4 Å². The Kier molecular flexibility index (Phi) is 2.98. The predicted molar refractivity (Wildman–Crippen MR) is 54.3 cm³/mol. The first-order valence-electron chi connectivity index (χ1n) is 5.12. The quantitative estimate of drug-likeness (QED) is 0.797. The molecule has 0 amide bonds. The minimum Gasteiger partial charge on any atom is -0.329 e. The molecule has 0 heterocycles. The maximum atomic E-state index is 13.4. The van der Waals surface area contributed by atoms with E-state index in [0.29, 0.717) is 11.6 Å². The molecule has 0 aromatic heterocycles. The Labute approximate surface area is 87.5 Å². The van der Waals surface area contributed by atoms with E-state index in [1.54, 1.807) is 0 Å². The first-order chi connectivity index (χ1) is 7.20. The summed E-state index contributed by atoms with van der Waals surface area (Å²) >= 11 is 0. The third kappa shape index (κ3) is 2.52. The van der Waals surface area contributed by atoms with Gasteiger partial charge in [-0.05, 0) is 31.0 Å². The van der Waals surface area contributed by atoms with Gasteiger partial charge in [0.15, 0.2) is 0 Å². The molecule has 0 saturated heterocycles. The van der Waals surface area contributed by atoms with Gasteiger partial charge in [0.25, 0.3) is 0 Å². The number of rotatable bonds is 4. The lowest BCUT2D eigenvalue weighted by molar-refractivity contribution is 0.497. The zero-order valence-corrected chi connectivity index (χ0v) is 8.34. The molecule has 2 nitrogen and oxygen atoms in total. The Balaban J connectivity index is 2.19. The van der Waals surface area contributed by atoms with Gasteiger partial charge in [-0.3, -0.25) is 0 Å². The van der Waals surface area contributed by atoms with E-state index in [0.717, 1.165) is 25.0 Å². The molecular weight excluding hydrogens is 198 g/mol. The molecule has 4 heteroatoms. The van der Waals surface area contributed by atoms with Crippen molar-refractivity contribution in [1.82, 2.24) is 5.32 Å². The summed E-state index contributed by atoms with van der Waals surface area (Å²) < 4.78 is 26.4. The zero-order valence-electron chi connectivity index (χ0n) is 8.34. The monoisotopic (exact) mass is 212 g/mol. The second-order valence-electron chi connectivity index (χ2n) is 3.90. The molecule has 0 bridgehead atoms. The van der Waals surface area contributed by atoms with Crippen molar-refractivity contribution < 1.29 is 8.78 Å². The van der Waals surface area contributed by atoms with Crippen LogP contribution < -0.4 is 11.1 Å². The highest BCUT2D eigenvalue weighted by atomic mass is 19.1. The fourth-order valence-corrected chi connectivity index (χ4v) is 1.60. The number of hydrogen-bond acceptors (Lipinski definition) is 2. The average molecular weight is 212 g/mol. The van der Waals surface area contributed by atoms with Crippen molar-refractivity contribution in [3.8, 4) is 0 Å². The molecule has 1 saturated carbocycles. The third-order valence-corrected chi connectivity index (χ3v) is 2.58. The van der Waals surface area contributed by atoms with Gasteiger partial charge in [0.1, 0.15) is 11.6 Å². The van der Waals surface area contributed by atoms with Crippen molar-refractivity contribution in [2.24, 2.45) is 5.73 Å². The minimum absolute atomic E-state index is 0.275. The molecule has 1 aliphatic rings. The Bertz CT molecular complexity index is 350. The van der Waals surface area contributed by atoms with Crippen LogP contribution >= 0.6 is 0 Å². The van der Waals surface area contributed by atoms with Crippen molar-refractivity contribution >= 4 is 0 Å². The van der Waals surface area contributed by atoms with Crippen LogP contribution in [0.4, 0.5) is 8.78 Å². The normalized spacial score (nSPS) is 17.8. The SMILES string of the molecule is NCC(NC1CC1)c1cc(F)ccc1F. The van der Waals surface area contributed by atoms with E-state index in [9.17, 15) is 8.78 Å². The van der Waals surface area contributed by atoms with E-state index < -0.39 is 11.6 Å². The second-order valence-corrected chi connectivity index (χ2v) is 3.90. The summed E-state index contributed by atoms with van der Waals surface area (Å²) in [6.45, 7) is 0.275. The number of nitrogens with two attached hydrogens (primary N) is 1. The van der Waals surface area contributed by atoms with Crippen LogP contribution in [-0.2, 0) is 0 Å². The molecule has 3 N–H and O–H groups in total. The summed E-state index contributed by atoms with van der Waals surface area (Å²) in [6, 6.07) is 3.60. The van der Waals surface area contributed by atoms with Crippen molar-refractivity contribution in [1.29, 1.82) is 0 Å². The van der Waals surface area contributed by atoms with Gasteiger partial charge >= 0.3 is 0 Å². The van der Waals surface area contributed by atoms with E-state index in [4.69, 9.17) is 5.73 Å². The summed E-state index contributed by atoms with van der Waals surface area (Å²) in [5, 5.41) is 3.19. The number of benzene rings is 1. The highest BCUT2D eigenvalue weighted by Gasteiger charge is 2.26. The van der Waals surface area contributed by atoms with Gasteiger partial charge in [-0.25, -0.2) is 8.78 Å². The lowest BCUT2D eigenvalue weighted by atomic mass is 10.1. The van der Waals surface area contributed by atoms with Gasteiger partial charge in [-0.1, -0.05) is 0 Å². The van der Waals surface area contributed by atoms with Crippen molar-refractivity contribution in [3.63, 3.8) is 0 Å². The van der Waals surface area contributed by atoms with Crippen LogP contribution in [0.3, 0.4) is 0 Å². The van der Waals surface area contributed by atoms with Crippen LogP contribution in [0.1, 0.15) is 24.4 Å². The minimum atomic E-state index is -0.428. The summed E-state index contributed by atoms with van der Waals surface area (Å²) in [7, 11) is 0. The first-order valence-corrected chi connectivity index (χ1v) is 5.12. The molecule has 0 spiro atoms. The first kappa shape index (κ1) is 10.5. The second kappa shape index (κ2) is 4.24. The topological polar surface area (TPSA) is 38.0 Å². The third-order valence-electron chi connectivity index (χ3n) is 2.58. The standard InChI is InChI=1S/C11H14F2N2/c12-7-1-4-10(13)9(5-7)11(6-14)15-8-2-3-8/h1,4-5,8,11,15H,2-3,6,14H2. The molecule has 15 heavy (non-hydrogen) atoms. The fourth-order valence-electron chi connectivity index (χ4n) is 1.60. The van der Waals surface area contributed by atoms with Crippen LogP contribution in [0, 0.1) is 11.6 Å². The largest absolute Gasteiger partial charge is 0.329 e. The maximum absolute atomic E-state index is 13.4. The van der Waals surface area contributed by atoms with Gasteiger partial charge in [-0.15, -0.1) is 0 Å². The highest BCUT2D eigenvalue weighted by molar-refractivity contribution is 5.23. The van der Waals surface area contributed by atoms with Gasteiger partial charge < -0.3 is 11.1 Å². The number of halogens is 2. The number of hydrogen-bond donors (Lipinski definition) is 2. The van der Waals surface area contributed by atoms with Gasteiger partial charge in [0.05, 0.1) is 0 Å². The van der Waals surface area contributed by atoms with Crippen LogP contribution in [0.2, 0.25) is 0 Å². The Morgan fingerprint density at radius 2 is 2.13 bits per heavy atom. The molecule has 1 atom stereocenters. The van der Waals surface area contributed by atoms with Crippen LogP contribution in [-0.4, -0.2) is 12.6 Å². The highest BCUT2D eigenvalue weighted by Crippen LogP contribution is 2.25. The molecule has 1 aromatic carbocycles. The summed E-state index contributed by atoms with van der Waals surface area (Å²) in [4.78, 5) is 0. The molecule has 1 unspecified atom stereocenters. The van der Waals surface area contributed by atoms with E-state index in [2.05, 4.69) is 5.32 Å². The van der Waals surface area contributed by atoms with Crippen LogP contribution in [0.25, 0.3) is 0 Å². The Morgan fingerprint density at radius 1 is 1.40 bits per heavy atom. The molecule has 0 aliphatic heterocycles. The smallest absolute Gasteiger partial charge is 0.128 e. The fraction of sp³-hybridized carbons (Fsp3) is 0.455. The van der Waals surface area contributed by atoms with Crippen molar-refractivity contribution in [2.75, 3.05) is 6.54 Å². The molecular formula is C11H14F2N2. The number of nitrogens with one attached hydrogen (secondary N) is 1. The predicted octanol–water partition coefficient (Wildman–Crippen LogP) is 1.72. The average Bonchev–Trinajstić information content (AvgIpc) is 3.02. The summed E-state index contributed by atoms with van der Waals surface area (Å²) in [5.41, 5.74) is 5.87. The molecule has 2 rings (SSSR count). The Morgan fingerprint density at radius 3 is 2.73 bits per heavy atom. The summed E-state index contributed by atoms with van der Waals surface area (Å²) in [5.74, 6) is -0.831. The molecule has 0 radical (unpaired) electrons.